The molecule has 0 aliphatic carbocycles. The van der Waals surface area contributed by atoms with Crippen molar-refractivity contribution in [3.63, 3.8) is 0 Å². The maximum absolute atomic E-state index is 13.7. The largest absolute Gasteiger partial charge is 0.507 e. The van der Waals surface area contributed by atoms with E-state index in [9.17, 15) is 19.1 Å². The Hall–Kier alpha value is -3.35. The van der Waals surface area contributed by atoms with Gasteiger partial charge in [-0.2, -0.15) is 0 Å². The van der Waals surface area contributed by atoms with Crippen LogP contribution in [0.1, 0.15) is 29.7 Å². The van der Waals surface area contributed by atoms with Crippen molar-refractivity contribution in [2.75, 3.05) is 13.2 Å². The van der Waals surface area contributed by atoms with Crippen molar-refractivity contribution < 1.29 is 23.8 Å². The zero-order valence-electron chi connectivity index (χ0n) is 18.8. The number of carbonyl (C=O) groups excluding carboxylic acids is 2. The van der Waals surface area contributed by atoms with E-state index in [4.69, 9.17) is 27.9 Å². The number of ketones is 1. The molecule has 1 N–H and O–H groups in total. The third kappa shape index (κ3) is 5.19. The molecule has 0 spiro atoms. The number of aliphatic hydroxyl groups excluding tert-OH is 1. The third-order valence-electron chi connectivity index (χ3n) is 5.78. The van der Waals surface area contributed by atoms with Crippen molar-refractivity contribution in [3.05, 3.63) is 105 Å². The van der Waals surface area contributed by atoms with Crippen LogP contribution in [-0.4, -0.2) is 34.8 Å². The minimum absolute atomic E-state index is 0.0810. The fourth-order valence-electron chi connectivity index (χ4n) is 4.08. The van der Waals surface area contributed by atoms with E-state index in [1.165, 1.54) is 35.2 Å². The van der Waals surface area contributed by atoms with E-state index in [-0.39, 0.29) is 23.4 Å². The van der Waals surface area contributed by atoms with Crippen molar-refractivity contribution in [3.8, 4) is 5.75 Å². The standard InChI is InChI=1S/C27H22Cl2FNO4/c1-2-35-22-15-18(7-12-21(22)29)25(32)23-24(17-5-10-20(30)11-6-17)31(27(34)26(23)33)14-13-16-3-8-19(28)9-4-16/h3-12,15,24,32H,2,13-14H2,1H3/b25-23-. The lowest BCUT2D eigenvalue weighted by molar-refractivity contribution is -0.139. The minimum Gasteiger partial charge on any atom is -0.507 e. The van der Waals surface area contributed by atoms with Gasteiger partial charge in [0.15, 0.2) is 0 Å². The number of aliphatic hydroxyl groups is 1. The number of halogens is 3. The number of carbonyl (C=O) groups is 2. The second-order valence-corrected chi connectivity index (χ2v) is 8.84. The van der Waals surface area contributed by atoms with Crippen molar-refractivity contribution in [1.82, 2.24) is 4.90 Å². The quantitative estimate of drug-likeness (QED) is 0.232. The second kappa shape index (κ2) is 10.5. The first-order chi connectivity index (χ1) is 16.8. The molecule has 1 unspecified atom stereocenters. The van der Waals surface area contributed by atoms with E-state index in [1.54, 1.807) is 31.2 Å². The van der Waals surface area contributed by atoms with E-state index in [1.807, 2.05) is 12.1 Å². The van der Waals surface area contributed by atoms with Gasteiger partial charge in [-0.3, -0.25) is 9.59 Å². The number of Topliss-reactive ketones (excluding diaryl/α,β-unsaturated/α-hetero) is 1. The van der Waals surface area contributed by atoms with Gasteiger partial charge in [-0.1, -0.05) is 47.5 Å². The fourth-order valence-corrected chi connectivity index (χ4v) is 4.37. The Bertz CT molecular complexity index is 1290. The Morgan fingerprint density at radius 1 is 1.03 bits per heavy atom. The average Bonchev–Trinajstić information content (AvgIpc) is 3.10. The molecule has 180 valence electrons. The number of likely N-dealkylation sites (tertiary alicyclic amines) is 1. The van der Waals surface area contributed by atoms with E-state index in [0.717, 1.165) is 5.56 Å². The summed E-state index contributed by atoms with van der Waals surface area (Å²) in [6.07, 6.45) is 0.456. The Morgan fingerprint density at radius 3 is 2.37 bits per heavy atom. The Labute approximate surface area is 212 Å². The summed E-state index contributed by atoms with van der Waals surface area (Å²) >= 11 is 12.1. The smallest absolute Gasteiger partial charge is 0.295 e. The van der Waals surface area contributed by atoms with Crippen LogP contribution < -0.4 is 4.74 Å². The summed E-state index contributed by atoms with van der Waals surface area (Å²) < 4.78 is 19.2. The summed E-state index contributed by atoms with van der Waals surface area (Å²) in [6, 6.07) is 16.4. The molecule has 4 rings (SSSR count). The molecule has 1 fully saturated rings. The molecule has 0 aromatic heterocycles. The van der Waals surface area contributed by atoms with Crippen LogP contribution in [0.2, 0.25) is 10.0 Å². The molecule has 8 heteroatoms. The first-order valence-corrected chi connectivity index (χ1v) is 11.8. The summed E-state index contributed by atoms with van der Waals surface area (Å²) in [4.78, 5) is 27.6. The van der Waals surface area contributed by atoms with Crippen LogP contribution in [0.5, 0.6) is 5.75 Å². The molecule has 5 nitrogen and oxygen atoms in total. The maximum Gasteiger partial charge on any atom is 0.295 e. The van der Waals surface area contributed by atoms with Gasteiger partial charge < -0.3 is 14.7 Å². The van der Waals surface area contributed by atoms with Gasteiger partial charge in [-0.15, -0.1) is 0 Å². The summed E-state index contributed by atoms with van der Waals surface area (Å²) in [5.74, 6) is -2.03. The summed E-state index contributed by atoms with van der Waals surface area (Å²) in [5.41, 5.74) is 1.62. The van der Waals surface area contributed by atoms with Gasteiger partial charge in [0.1, 0.15) is 17.3 Å². The van der Waals surface area contributed by atoms with Gasteiger partial charge in [0, 0.05) is 17.1 Å². The van der Waals surface area contributed by atoms with Crippen LogP contribution in [0.25, 0.3) is 5.76 Å². The molecule has 0 saturated carbocycles. The van der Waals surface area contributed by atoms with Gasteiger partial charge in [0.05, 0.1) is 23.2 Å². The molecule has 3 aromatic rings. The van der Waals surface area contributed by atoms with Crippen molar-refractivity contribution in [2.45, 2.75) is 19.4 Å². The van der Waals surface area contributed by atoms with Crippen LogP contribution in [0.3, 0.4) is 0 Å². The minimum atomic E-state index is -0.894. The monoisotopic (exact) mass is 513 g/mol. The Morgan fingerprint density at radius 2 is 1.71 bits per heavy atom. The average molecular weight is 514 g/mol. The normalized spacial score (nSPS) is 17.1. The number of hydrogen-bond acceptors (Lipinski definition) is 4. The lowest BCUT2D eigenvalue weighted by atomic mass is 9.95. The first kappa shape index (κ1) is 24.8. The molecule has 35 heavy (non-hydrogen) atoms. The maximum atomic E-state index is 13.7. The first-order valence-electron chi connectivity index (χ1n) is 11.0. The van der Waals surface area contributed by atoms with Gasteiger partial charge in [-0.05, 0) is 66.9 Å². The molecule has 1 saturated heterocycles. The number of nitrogens with zero attached hydrogens (tertiary/aromatic N) is 1. The lowest BCUT2D eigenvalue weighted by Gasteiger charge is -2.25. The molecular weight excluding hydrogens is 492 g/mol. The van der Waals surface area contributed by atoms with E-state index < -0.39 is 23.5 Å². The lowest BCUT2D eigenvalue weighted by Crippen LogP contribution is -2.31. The number of hydrogen-bond donors (Lipinski definition) is 1. The van der Waals surface area contributed by atoms with Gasteiger partial charge >= 0.3 is 0 Å². The van der Waals surface area contributed by atoms with Gasteiger partial charge in [0.25, 0.3) is 11.7 Å². The van der Waals surface area contributed by atoms with Crippen molar-refractivity contribution in [2.24, 2.45) is 0 Å². The molecule has 0 radical (unpaired) electrons. The highest BCUT2D eigenvalue weighted by atomic mass is 35.5. The zero-order chi connectivity index (χ0) is 25.1. The summed E-state index contributed by atoms with van der Waals surface area (Å²) in [6.45, 7) is 2.36. The van der Waals surface area contributed by atoms with Crippen LogP contribution in [0.15, 0.2) is 72.3 Å². The molecule has 1 heterocycles. The van der Waals surface area contributed by atoms with E-state index >= 15 is 0 Å². The number of rotatable bonds is 7. The summed E-state index contributed by atoms with van der Waals surface area (Å²) in [5, 5.41) is 12.1. The topological polar surface area (TPSA) is 66.8 Å². The van der Waals surface area contributed by atoms with E-state index in [2.05, 4.69) is 0 Å². The molecule has 1 amide bonds. The molecule has 1 atom stereocenters. The van der Waals surface area contributed by atoms with E-state index in [0.29, 0.717) is 34.4 Å². The van der Waals surface area contributed by atoms with Crippen LogP contribution in [-0.2, 0) is 16.0 Å². The predicted molar refractivity (Wildman–Crippen MR) is 133 cm³/mol. The molecule has 0 bridgehead atoms. The highest BCUT2D eigenvalue weighted by molar-refractivity contribution is 6.46. The third-order valence-corrected chi connectivity index (χ3v) is 6.35. The Balaban J connectivity index is 1.78. The zero-order valence-corrected chi connectivity index (χ0v) is 20.3. The highest BCUT2D eigenvalue weighted by Crippen LogP contribution is 2.40. The SMILES string of the molecule is CCOc1cc(/C(O)=C2/C(=O)C(=O)N(CCc3ccc(Cl)cc3)C2c2ccc(F)cc2)ccc1Cl. The number of benzene rings is 3. The van der Waals surface area contributed by atoms with Gasteiger partial charge in [-0.25, -0.2) is 4.39 Å². The Kier molecular flexibility index (Phi) is 7.43. The fraction of sp³-hybridized carbons (Fsp3) is 0.185. The van der Waals surface area contributed by atoms with Crippen molar-refractivity contribution >= 4 is 40.7 Å². The molecule has 1 aliphatic rings. The molecule has 1 aliphatic heterocycles. The van der Waals surface area contributed by atoms with Crippen molar-refractivity contribution in [1.29, 1.82) is 0 Å². The predicted octanol–water partition coefficient (Wildman–Crippen LogP) is 6.20. The van der Waals surface area contributed by atoms with Crippen LogP contribution in [0, 0.1) is 5.82 Å². The summed E-state index contributed by atoms with van der Waals surface area (Å²) in [7, 11) is 0. The second-order valence-electron chi connectivity index (χ2n) is 8.00. The molecule has 3 aromatic carbocycles. The number of ether oxygens (including phenoxy) is 1. The highest BCUT2D eigenvalue weighted by Gasteiger charge is 2.45. The molecular formula is C27H22Cl2FNO4. The number of amides is 1. The van der Waals surface area contributed by atoms with Gasteiger partial charge in [0.2, 0.25) is 0 Å². The van der Waals surface area contributed by atoms with Crippen LogP contribution >= 0.6 is 23.2 Å². The van der Waals surface area contributed by atoms with Crippen LogP contribution in [0.4, 0.5) is 4.39 Å².